The molecule has 3 aromatic rings. The Hall–Kier alpha value is -3.65. The molecule has 7 nitrogen and oxygen atoms in total. The molecule has 0 radical (unpaired) electrons. The first-order valence-electron chi connectivity index (χ1n) is 9.22. The van der Waals surface area contributed by atoms with Crippen molar-refractivity contribution in [2.24, 2.45) is 5.10 Å². The fraction of sp³-hybridized carbons (Fsp3) is 0.0909. The molecule has 0 aliphatic heterocycles. The average Bonchev–Trinajstić information content (AvgIpc) is 2.76. The molecule has 0 unspecified atom stereocenters. The first-order chi connectivity index (χ1) is 14.5. The van der Waals surface area contributed by atoms with E-state index in [1.807, 2.05) is 31.2 Å². The molecule has 154 valence electrons. The zero-order chi connectivity index (χ0) is 21.4. The highest BCUT2D eigenvalue weighted by atomic mass is 32.2. The molecule has 0 heterocycles. The van der Waals surface area contributed by atoms with Crippen LogP contribution in [0.1, 0.15) is 22.8 Å². The highest BCUT2D eigenvalue weighted by Gasteiger charge is 2.13. The van der Waals surface area contributed by atoms with E-state index < -0.39 is 15.9 Å². The normalized spacial score (nSPS) is 11.2. The fourth-order valence-corrected chi connectivity index (χ4v) is 3.63. The number of hydrogen-bond acceptors (Lipinski definition) is 5. The second-order valence-electron chi connectivity index (χ2n) is 6.20. The predicted molar refractivity (Wildman–Crippen MR) is 116 cm³/mol. The summed E-state index contributed by atoms with van der Waals surface area (Å²) in [5.74, 6) is 0.358. The van der Waals surface area contributed by atoms with Gasteiger partial charge >= 0.3 is 0 Å². The van der Waals surface area contributed by atoms with Crippen LogP contribution in [0.3, 0.4) is 0 Å². The van der Waals surface area contributed by atoms with Crippen LogP contribution in [0, 0.1) is 0 Å². The Kier molecular flexibility index (Phi) is 6.82. The fourth-order valence-electron chi connectivity index (χ4n) is 2.55. The van der Waals surface area contributed by atoms with Gasteiger partial charge in [-0.05, 0) is 73.2 Å². The van der Waals surface area contributed by atoms with Crippen LogP contribution >= 0.6 is 0 Å². The molecule has 0 aromatic heterocycles. The van der Waals surface area contributed by atoms with Gasteiger partial charge in [0.25, 0.3) is 15.9 Å². The summed E-state index contributed by atoms with van der Waals surface area (Å²) in [4.78, 5) is 12.4. The molecule has 0 atom stereocenters. The number of rotatable bonds is 8. The monoisotopic (exact) mass is 423 g/mol. The van der Waals surface area contributed by atoms with Crippen molar-refractivity contribution in [1.29, 1.82) is 0 Å². The van der Waals surface area contributed by atoms with E-state index in [4.69, 9.17) is 4.74 Å². The van der Waals surface area contributed by atoms with Gasteiger partial charge in [0.2, 0.25) is 0 Å². The lowest BCUT2D eigenvalue weighted by atomic mass is 10.2. The Bertz CT molecular complexity index is 1110. The smallest absolute Gasteiger partial charge is 0.271 e. The third kappa shape index (κ3) is 5.68. The highest BCUT2D eigenvalue weighted by molar-refractivity contribution is 7.92. The first-order valence-corrected chi connectivity index (χ1v) is 10.7. The summed E-state index contributed by atoms with van der Waals surface area (Å²) in [7, 11) is -3.68. The number of carbonyl (C=O) groups is 1. The maximum Gasteiger partial charge on any atom is 0.271 e. The summed E-state index contributed by atoms with van der Waals surface area (Å²) in [6.45, 7) is 2.51. The lowest BCUT2D eigenvalue weighted by Crippen LogP contribution is -2.18. The summed E-state index contributed by atoms with van der Waals surface area (Å²) in [6.07, 6.45) is 1.52. The predicted octanol–water partition coefficient (Wildman–Crippen LogP) is 3.65. The van der Waals surface area contributed by atoms with Crippen LogP contribution in [0.15, 0.2) is 88.9 Å². The summed E-state index contributed by atoms with van der Waals surface area (Å²) >= 11 is 0. The Labute approximate surface area is 175 Å². The van der Waals surface area contributed by atoms with Crippen molar-refractivity contribution in [2.75, 3.05) is 11.3 Å². The molecule has 0 spiro atoms. The van der Waals surface area contributed by atoms with Gasteiger partial charge < -0.3 is 4.74 Å². The van der Waals surface area contributed by atoms with Crippen LogP contribution in [0.4, 0.5) is 5.69 Å². The number of nitrogens with one attached hydrogen (secondary N) is 2. The van der Waals surface area contributed by atoms with Crippen LogP contribution in [0.2, 0.25) is 0 Å². The van der Waals surface area contributed by atoms with E-state index in [2.05, 4.69) is 15.2 Å². The number of anilines is 1. The van der Waals surface area contributed by atoms with Gasteiger partial charge in [0, 0.05) is 11.3 Å². The molecule has 0 aliphatic carbocycles. The Morgan fingerprint density at radius 3 is 2.27 bits per heavy atom. The summed E-state index contributed by atoms with van der Waals surface area (Å²) < 4.78 is 32.5. The van der Waals surface area contributed by atoms with Crippen molar-refractivity contribution in [2.45, 2.75) is 11.8 Å². The number of benzene rings is 3. The number of ether oxygens (including phenoxy) is 1. The lowest BCUT2D eigenvalue weighted by molar-refractivity contribution is 0.0955. The van der Waals surface area contributed by atoms with Gasteiger partial charge in [-0.3, -0.25) is 9.52 Å². The number of hydrazone groups is 1. The summed E-state index contributed by atoms with van der Waals surface area (Å²) in [6, 6.07) is 21.4. The number of sulfonamides is 1. The van der Waals surface area contributed by atoms with Gasteiger partial charge in [0.1, 0.15) is 5.75 Å². The molecule has 2 N–H and O–H groups in total. The number of amides is 1. The topological polar surface area (TPSA) is 96.9 Å². The quantitative estimate of drug-likeness (QED) is 0.427. The molecular weight excluding hydrogens is 402 g/mol. The van der Waals surface area contributed by atoms with E-state index >= 15 is 0 Å². The molecule has 0 saturated carbocycles. The van der Waals surface area contributed by atoms with Gasteiger partial charge in [-0.1, -0.05) is 18.2 Å². The van der Waals surface area contributed by atoms with Crippen LogP contribution in [-0.4, -0.2) is 27.1 Å². The highest BCUT2D eigenvalue weighted by Crippen LogP contribution is 2.16. The van der Waals surface area contributed by atoms with Crippen LogP contribution < -0.4 is 14.9 Å². The molecule has 3 aromatic carbocycles. The van der Waals surface area contributed by atoms with E-state index in [0.717, 1.165) is 11.3 Å². The van der Waals surface area contributed by atoms with Crippen LogP contribution in [0.5, 0.6) is 5.75 Å². The molecule has 8 heteroatoms. The Balaban J connectivity index is 1.58. The zero-order valence-electron chi connectivity index (χ0n) is 16.3. The molecule has 30 heavy (non-hydrogen) atoms. The summed E-state index contributed by atoms with van der Waals surface area (Å²) in [5, 5.41) is 3.94. The zero-order valence-corrected chi connectivity index (χ0v) is 17.1. The van der Waals surface area contributed by atoms with Crippen LogP contribution in [-0.2, 0) is 10.0 Å². The van der Waals surface area contributed by atoms with Gasteiger partial charge in [-0.15, -0.1) is 0 Å². The minimum absolute atomic E-state index is 0.162. The maximum absolute atomic E-state index is 12.3. The second kappa shape index (κ2) is 9.71. The Morgan fingerprint density at radius 2 is 1.63 bits per heavy atom. The molecule has 0 saturated heterocycles. The second-order valence-corrected chi connectivity index (χ2v) is 7.88. The van der Waals surface area contributed by atoms with Crippen molar-refractivity contribution in [1.82, 2.24) is 5.43 Å². The van der Waals surface area contributed by atoms with Gasteiger partial charge in [0.15, 0.2) is 0 Å². The molecular formula is C22H21N3O4S. The molecule has 1 amide bonds. The first kappa shape index (κ1) is 21.1. The summed E-state index contributed by atoms with van der Waals surface area (Å²) in [5.41, 5.74) is 3.95. The van der Waals surface area contributed by atoms with E-state index in [1.54, 1.807) is 18.2 Å². The largest absolute Gasteiger partial charge is 0.494 e. The minimum atomic E-state index is -3.68. The van der Waals surface area contributed by atoms with E-state index in [1.165, 1.54) is 42.6 Å². The lowest BCUT2D eigenvalue weighted by Gasteiger charge is -2.08. The van der Waals surface area contributed by atoms with E-state index in [0.29, 0.717) is 17.9 Å². The standard InChI is InChI=1S/C22H21N3O4S/c1-2-29-20-14-8-17(9-15-20)16-23-24-22(26)18-10-12-19(13-11-18)25-30(27,28)21-6-4-3-5-7-21/h3-16,25H,2H2,1H3,(H,24,26)/b23-16+. The van der Waals surface area contributed by atoms with Gasteiger partial charge in [-0.2, -0.15) is 5.10 Å². The Morgan fingerprint density at radius 1 is 0.967 bits per heavy atom. The van der Waals surface area contributed by atoms with E-state index in [-0.39, 0.29) is 4.90 Å². The molecule has 0 fully saturated rings. The maximum atomic E-state index is 12.3. The minimum Gasteiger partial charge on any atom is -0.494 e. The van der Waals surface area contributed by atoms with Crippen LogP contribution in [0.25, 0.3) is 0 Å². The SMILES string of the molecule is CCOc1ccc(/C=N/NC(=O)c2ccc(NS(=O)(=O)c3ccccc3)cc2)cc1. The van der Waals surface area contributed by atoms with Crippen molar-refractivity contribution in [3.8, 4) is 5.75 Å². The van der Waals surface area contributed by atoms with Crippen molar-refractivity contribution in [3.63, 3.8) is 0 Å². The van der Waals surface area contributed by atoms with Gasteiger partial charge in [-0.25, -0.2) is 13.8 Å². The third-order valence-corrected chi connectivity index (χ3v) is 5.42. The third-order valence-electron chi connectivity index (χ3n) is 4.02. The van der Waals surface area contributed by atoms with Crippen molar-refractivity contribution in [3.05, 3.63) is 90.0 Å². The van der Waals surface area contributed by atoms with E-state index in [9.17, 15) is 13.2 Å². The molecule has 0 bridgehead atoms. The number of hydrogen-bond donors (Lipinski definition) is 2. The number of nitrogens with zero attached hydrogens (tertiary/aromatic N) is 1. The molecule has 0 aliphatic rings. The van der Waals surface area contributed by atoms with Crippen molar-refractivity contribution < 1.29 is 17.9 Å². The van der Waals surface area contributed by atoms with Gasteiger partial charge in [0.05, 0.1) is 17.7 Å². The average molecular weight is 423 g/mol. The van der Waals surface area contributed by atoms with Crippen molar-refractivity contribution >= 4 is 27.8 Å². The molecule has 3 rings (SSSR count). The number of carbonyl (C=O) groups excluding carboxylic acids is 1.